The average Bonchev–Trinajstić information content (AvgIpc) is 3.27. The summed E-state index contributed by atoms with van der Waals surface area (Å²) in [5.41, 5.74) is 1.17. The molecular weight excluding hydrogens is 364 g/mol. The van der Waals surface area contributed by atoms with Gasteiger partial charge in [0.05, 0.1) is 6.26 Å². The number of amides is 2. The van der Waals surface area contributed by atoms with E-state index in [4.69, 9.17) is 4.42 Å². The molecule has 0 saturated heterocycles. The SMILES string of the molecule is O=C(Nc1ccc2ccccc2c1)C(=Cc1ccco1)NC(=O)c1ccccc1. The molecular formula is C24H18N2O3. The van der Waals surface area contributed by atoms with Gasteiger partial charge in [-0.1, -0.05) is 48.5 Å². The monoisotopic (exact) mass is 382 g/mol. The summed E-state index contributed by atoms with van der Waals surface area (Å²) in [7, 11) is 0. The minimum atomic E-state index is -0.444. The van der Waals surface area contributed by atoms with Crippen LogP contribution in [0.5, 0.6) is 0 Å². The number of furan rings is 1. The smallest absolute Gasteiger partial charge is 0.272 e. The van der Waals surface area contributed by atoms with E-state index in [-0.39, 0.29) is 11.6 Å². The number of fused-ring (bicyclic) bond motifs is 1. The van der Waals surface area contributed by atoms with Crippen LogP contribution in [-0.4, -0.2) is 11.8 Å². The summed E-state index contributed by atoms with van der Waals surface area (Å²) >= 11 is 0. The quantitative estimate of drug-likeness (QED) is 0.485. The van der Waals surface area contributed by atoms with E-state index in [0.717, 1.165) is 10.8 Å². The van der Waals surface area contributed by atoms with Gasteiger partial charge in [-0.2, -0.15) is 0 Å². The topological polar surface area (TPSA) is 71.3 Å². The lowest BCUT2D eigenvalue weighted by Gasteiger charge is -2.11. The van der Waals surface area contributed by atoms with Gasteiger partial charge in [-0.05, 0) is 47.2 Å². The molecule has 2 N–H and O–H groups in total. The largest absolute Gasteiger partial charge is 0.465 e. The fraction of sp³-hybridized carbons (Fsp3) is 0. The molecule has 0 radical (unpaired) electrons. The van der Waals surface area contributed by atoms with Gasteiger partial charge in [-0.3, -0.25) is 9.59 Å². The predicted molar refractivity (Wildman–Crippen MR) is 113 cm³/mol. The third-order valence-corrected chi connectivity index (χ3v) is 4.37. The first kappa shape index (κ1) is 18.3. The fourth-order valence-electron chi connectivity index (χ4n) is 2.92. The number of rotatable bonds is 5. The molecule has 1 aromatic heterocycles. The molecule has 0 saturated carbocycles. The molecule has 0 unspecified atom stereocenters. The average molecular weight is 382 g/mol. The van der Waals surface area contributed by atoms with E-state index in [9.17, 15) is 9.59 Å². The number of hydrogen-bond acceptors (Lipinski definition) is 3. The highest BCUT2D eigenvalue weighted by Gasteiger charge is 2.15. The van der Waals surface area contributed by atoms with E-state index in [1.165, 1.54) is 12.3 Å². The van der Waals surface area contributed by atoms with Crippen LogP contribution in [0.3, 0.4) is 0 Å². The second kappa shape index (κ2) is 8.27. The van der Waals surface area contributed by atoms with Crippen molar-refractivity contribution >= 4 is 34.4 Å². The van der Waals surface area contributed by atoms with Gasteiger partial charge >= 0.3 is 0 Å². The number of benzene rings is 3. The summed E-state index contributed by atoms with van der Waals surface area (Å²) < 4.78 is 5.30. The van der Waals surface area contributed by atoms with Crippen molar-refractivity contribution in [3.8, 4) is 0 Å². The molecule has 0 bridgehead atoms. The van der Waals surface area contributed by atoms with Crippen molar-refractivity contribution in [3.63, 3.8) is 0 Å². The lowest BCUT2D eigenvalue weighted by Crippen LogP contribution is -2.30. The van der Waals surface area contributed by atoms with Crippen molar-refractivity contribution in [3.05, 3.63) is 108 Å². The molecule has 5 heteroatoms. The Hall–Kier alpha value is -4.12. The molecule has 4 aromatic rings. The zero-order chi connectivity index (χ0) is 20.1. The molecule has 0 spiro atoms. The van der Waals surface area contributed by atoms with Crippen LogP contribution < -0.4 is 10.6 Å². The van der Waals surface area contributed by atoms with E-state index >= 15 is 0 Å². The molecule has 1 heterocycles. The molecule has 0 aliphatic carbocycles. The summed E-state index contributed by atoms with van der Waals surface area (Å²) in [5.74, 6) is -0.361. The van der Waals surface area contributed by atoms with Crippen molar-refractivity contribution in [1.29, 1.82) is 0 Å². The molecule has 4 rings (SSSR count). The van der Waals surface area contributed by atoms with E-state index in [1.807, 2.05) is 48.5 Å². The molecule has 0 fully saturated rings. The Bertz CT molecular complexity index is 1180. The van der Waals surface area contributed by atoms with E-state index in [1.54, 1.807) is 36.4 Å². The number of anilines is 1. The fourth-order valence-corrected chi connectivity index (χ4v) is 2.92. The first-order valence-electron chi connectivity index (χ1n) is 9.11. The third-order valence-electron chi connectivity index (χ3n) is 4.37. The lowest BCUT2D eigenvalue weighted by molar-refractivity contribution is -0.113. The Morgan fingerprint density at radius 1 is 0.793 bits per heavy atom. The zero-order valence-electron chi connectivity index (χ0n) is 15.5. The minimum absolute atomic E-state index is 0.0851. The normalized spacial score (nSPS) is 11.2. The van der Waals surface area contributed by atoms with Crippen LogP contribution in [0.15, 0.2) is 101 Å². The maximum Gasteiger partial charge on any atom is 0.272 e. The van der Waals surface area contributed by atoms with E-state index in [2.05, 4.69) is 10.6 Å². The number of carbonyl (C=O) groups excluding carboxylic acids is 2. The molecule has 29 heavy (non-hydrogen) atoms. The van der Waals surface area contributed by atoms with E-state index in [0.29, 0.717) is 17.0 Å². The molecule has 0 atom stereocenters. The van der Waals surface area contributed by atoms with Gasteiger partial charge in [0.1, 0.15) is 11.5 Å². The Balaban J connectivity index is 1.59. The van der Waals surface area contributed by atoms with Crippen LogP contribution in [0.2, 0.25) is 0 Å². The summed E-state index contributed by atoms with van der Waals surface area (Å²) in [4.78, 5) is 25.5. The highest BCUT2D eigenvalue weighted by atomic mass is 16.3. The Kier molecular flexibility index (Phi) is 5.21. The van der Waals surface area contributed by atoms with Crippen LogP contribution in [0.1, 0.15) is 16.1 Å². The van der Waals surface area contributed by atoms with Gasteiger partial charge in [-0.15, -0.1) is 0 Å². The first-order valence-corrected chi connectivity index (χ1v) is 9.11. The maximum absolute atomic E-state index is 12.9. The van der Waals surface area contributed by atoms with Crippen molar-refractivity contribution in [1.82, 2.24) is 5.32 Å². The van der Waals surface area contributed by atoms with Gasteiger partial charge in [-0.25, -0.2) is 0 Å². The lowest BCUT2D eigenvalue weighted by atomic mass is 10.1. The zero-order valence-corrected chi connectivity index (χ0v) is 15.5. The second-order valence-electron chi connectivity index (χ2n) is 6.41. The van der Waals surface area contributed by atoms with Gasteiger partial charge < -0.3 is 15.1 Å². The molecule has 2 amide bonds. The van der Waals surface area contributed by atoms with Crippen LogP contribution in [0.25, 0.3) is 16.8 Å². The summed E-state index contributed by atoms with van der Waals surface area (Å²) in [6.45, 7) is 0. The van der Waals surface area contributed by atoms with Gasteiger partial charge in [0, 0.05) is 17.3 Å². The van der Waals surface area contributed by atoms with Crippen molar-refractivity contribution < 1.29 is 14.0 Å². The third kappa shape index (κ3) is 4.42. The Morgan fingerprint density at radius 2 is 1.55 bits per heavy atom. The molecule has 142 valence electrons. The van der Waals surface area contributed by atoms with Gasteiger partial charge in [0.25, 0.3) is 11.8 Å². The Labute approximate surface area is 167 Å². The van der Waals surface area contributed by atoms with Gasteiger partial charge in [0.15, 0.2) is 0 Å². The number of hydrogen-bond donors (Lipinski definition) is 2. The minimum Gasteiger partial charge on any atom is -0.465 e. The summed E-state index contributed by atoms with van der Waals surface area (Å²) in [5, 5.41) is 7.61. The number of nitrogens with one attached hydrogen (secondary N) is 2. The molecule has 5 nitrogen and oxygen atoms in total. The summed E-state index contributed by atoms with van der Waals surface area (Å²) in [6.07, 6.45) is 3.00. The summed E-state index contributed by atoms with van der Waals surface area (Å²) in [6, 6.07) is 25.7. The van der Waals surface area contributed by atoms with E-state index < -0.39 is 5.91 Å². The van der Waals surface area contributed by atoms with Crippen LogP contribution >= 0.6 is 0 Å². The molecule has 3 aromatic carbocycles. The maximum atomic E-state index is 12.9. The predicted octanol–water partition coefficient (Wildman–Crippen LogP) is 4.84. The highest BCUT2D eigenvalue weighted by Crippen LogP contribution is 2.19. The van der Waals surface area contributed by atoms with Crippen LogP contribution in [0, 0.1) is 0 Å². The highest BCUT2D eigenvalue weighted by molar-refractivity contribution is 6.11. The Morgan fingerprint density at radius 3 is 2.31 bits per heavy atom. The van der Waals surface area contributed by atoms with Crippen molar-refractivity contribution in [2.75, 3.05) is 5.32 Å². The van der Waals surface area contributed by atoms with Crippen molar-refractivity contribution in [2.45, 2.75) is 0 Å². The molecule has 0 aliphatic heterocycles. The molecule has 0 aliphatic rings. The van der Waals surface area contributed by atoms with Crippen molar-refractivity contribution in [2.24, 2.45) is 0 Å². The standard InChI is InChI=1S/C24H18N2O3/c27-23(18-8-2-1-3-9-18)26-22(16-21-11-6-14-29-21)24(28)25-20-13-12-17-7-4-5-10-19(17)15-20/h1-16H,(H,25,28)(H,26,27). The van der Waals surface area contributed by atoms with Crippen LogP contribution in [-0.2, 0) is 4.79 Å². The second-order valence-corrected chi connectivity index (χ2v) is 6.41. The van der Waals surface area contributed by atoms with Gasteiger partial charge in [0.2, 0.25) is 0 Å². The number of carbonyl (C=O) groups is 2. The first-order chi connectivity index (χ1) is 14.2. The van der Waals surface area contributed by atoms with Crippen LogP contribution in [0.4, 0.5) is 5.69 Å².